The number of rotatable bonds is 1. The van der Waals surface area contributed by atoms with Crippen LogP contribution >= 0.6 is 0 Å². The van der Waals surface area contributed by atoms with Gasteiger partial charge in [0.05, 0.1) is 17.0 Å². The van der Waals surface area contributed by atoms with Crippen molar-refractivity contribution in [1.82, 2.24) is 4.98 Å². The molecule has 1 aromatic carbocycles. The van der Waals surface area contributed by atoms with E-state index in [2.05, 4.69) is 9.98 Å². The molecule has 1 amide bonds. The molecular weight excluding hydrogens is 252 g/mol. The van der Waals surface area contributed by atoms with Crippen LogP contribution in [-0.4, -0.2) is 21.7 Å². The lowest BCUT2D eigenvalue weighted by Crippen LogP contribution is -2.18. The molecule has 0 radical (unpaired) electrons. The van der Waals surface area contributed by atoms with Crippen LogP contribution in [-0.2, 0) is 6.42 Å². The summed E-state index contributed by atoms with van der Waals surface area (Å²) in [5, 5.41) is 9.82. The smallest absolute Gasteiger partial charge is 0.279 e. The maximum Gasteiger partial charge on any atom is 0.279 e. The summed E-state index contributed by atoms with van der Waals surface area (Å²) in [5.41, 5.74) is 4.45. The molecule has 0 bridgehead atoms. The van der Waals surface area contributed by atoms with Crippen LogP contribution in [0.25, 0.3) is 0 Å². The number of benzene rings is 1. The molecule has 0 aliphatic carbocycles. The molecule has 1 aliphatic rings. The number of fused-ring (bicyclic) bond motifs is 1. The molecule has 1 aliphatic heterocycles. The Morgan fingerprint density at radius 2 is 1.90 bits per heavy atom. The topological polar surface area (TPSA) is 62.5 Å². The van der Waals surface area contributed by atoms with Gasteiger partial charge in [-0.3, -0.25) is 9.78 Å². The second-order valence-electron chi connectivity index (χ2n) is 5.00. The Morgan fingerprint density at radius 1 is 1.20 bits per heavy atom. The van der Waals surface area contributed by atoms with Crippen molar-refractivity contribution in [3.05, 3.63) is 58.4 Å². The van der Waals surface area contributed by atoms with Gasteiger partial charge in [-0.2, -0.15) is 0 Å². The average molecular weight is 266 g/mol. The number of amides is 1. The van der Waals surface area contributed by atoms with E-state index < -0.39 is 0 Å². The first-order valence-corrected chi connectivity index (χ1v) is 6.42. The Balaban J connectivity index is 2.07. The number of aromatic nitrogens is 1. The monoisotopic (exact) mass is 266 g/mol. The summed E-state index contributed by atoms with van der Waals surface area (Å²) in [6, 6.07) is 7.19. The highest BCUT2D eigenvalue weighted by atomic mass is 16.3. The quantitative estimate of drug-likeness (QED) is 0.863. The molecule has 0 saturated heterocycles. The van der Waals surface area contributed by atoms with Gasteiger partial charge in [-0.15, -0.1) is 0 Å². The molecule has 0 unspecified atom stereocenters. The third-order valence-electron chi connectivity index (χ3n) is 3.52. The third kappa shape index (κ3) is 1.99. The highest BCUT2D eigenvalue weighted by Crippen LogP contribution is 2.25. The van der Waals surface area contributed by atoms with Crippen LogP contribution in [0.1, 0.15) is 32.7 Å². The van der Waals surface area contributed by atoms with Crippen molar-refractivity contribution in [3.63, 3.8) is 0 Å². The molecule has 1 aromatic heterocycles. The fourth-order valence-corrected chi connectivity index (χ4v) is 2.44. The third-order valence-corrected chi connectivity index (χ3v) is 3.52. The maximum atomic E-state index is 12.0. The van der Waals surface area contributed by atoms with Crippen LogP contribution in [0.2, 0.25) is 0 Å². The van der Waals surface area contributed by atoms with Crippen LogP contribution in [0.15, 0.2) is 35.5 Å². The molecule has 0 spiro atoms. The zero-order chi connectivity index (χ0) is 14.3. The van der Waals surface area contributed by atoms with Gasteiger partial charge in [-0.05, 0) is 54.8 Å². The Labute approximate surface area is 116 Å². The minimum Gasteiger partial charge on any atom is -0.507 e. The minimum atomic E-state index is -0.252. The van der Waals surface area contributed by atoms with E-state index in [1.54, 1.807) is 18.3 Å². The number of nitrogens with zero attached hydrogens (tertiary/aromatic N) is 2. The SMILES string of the molecule is Cc1cc(C2=NC(=O)c3cccnc3C2)cc(C)c1O. The van der Waals surface area contributed by atoms with Crippen molar-refractivity contribution in [1.29, 1.82) is 0 Å². The lowest BCUT2D eigenvalue weighted by molar-refractivity contribution is 0.0999. The molecule has 2 aromatic rings. The number of pyridine rings is 1. The Kier molecular flexibility index (Phi) is 2.86. The molecule has 2 heterocycles. The van der Waals surface area contributed by atoms with E-state index >= 15 is 0 Å². The van der Waals surface area contributed by atoms with Crippen LogP contribution in [0.4, 0.5) is 0 Å². The van der Waals surface area contributed by atoms with Gasteiger partial charge in [-0.1, -0.05) is 0 Å². The molecule has 0 saturated carbocycles. The van der Waals surface area contributed by atoms with Crippen molar-refractivity contribution in [3.8, 4) is 5.75 Å². The number of phenolic OH excluding ortho intramolecular Hbond substituents is 1. The van der Waals surface area contributed by atoms with Crippen LogP contribution in [0, 0.1) is 13.8 Å². The van der Waals surface area contributed by atoms with Gasteiger partial charge in [0.1, 0.15) is 5.75 Å². The first-order valence-electron chi connectivity index (χ1n) is 6.42. The number of aryl methyl sites for hydroxylation is 2. The first kappa shape index (κ1) is 12.5. The van der Waals surface area contributed by atoms with E-state index in [1.165, 1.54) is 0 Å². The van der Waals surface area contributed by atoms with E-state index in [0.29, 0.717) is 17.7 Å². The molecular formula is C16H14N2O2. The maximum absolute atomic E-state index is 12.0. The van der Waals surface area contributed by atoms with E-state index in [4.69, 9.17) is 0 Å². The van der Waals surface area contributed by atoms with Crippen molar-refractivity contribution in [2.24, 2.45) is 4.99 Å². The van der Waals surface area contributed by atoms with Crippen LogP contribution in [0.3, 0.4) is 0 Å². The summed E-state index contributed by atoms with van der Waals surface area (Å²) in [5.74, 6) is 0.0349. The molecule has 4 heteroatoms. The van der Waals surface area contributed by atoms with Crippen molar-refractivity contribution in [2.45, 2.75) is 20.3 Å². The second-order valence-corrected chi connectivity index (χ2v) is 5.00. The number of hydrogen-bond acceptors (Lipinski definition) is 3. The highest BCUT2D eigenvalue weighted by Gasteiger charge is 2.21. The molecule has 1 N–H and O–H groups in total. The standard InChI is InChI=1S/C16H14N2O2/c1-9-6-11(7-10(2)15(9)19)13-8-14-12(16(20)18-13)4-3-5-17-14/h3-7,19H,8H2,1-2H3. The van der Waals surface area contributed by atoms with Crippen molar-refractivity contribution < 1.29 is 9.90 Å². The summed E-state index contributed by atoms with van der Waals surface area (Å²) < 4.78 is 0. The van der Waals surface area contributed by atoms with E-state index in [0.717, 1.165) is 22.4 Å². The average Bonchev–Trinajstić information content (AvgIpc) is 2.44. The molecule has 0 fully saturated rings. The zero-order valence-electron chi connectivity index (χ0n) is 11.3. The van der Waals surface area contributed by atoms with Crippen molar-refractivity contribution in [2.75, 3.05) is 0 Å². The molecule has 0 atom stereocenters. The van der Waals surface area contributed by atoms with Crippen LogP contribution < -0.4 is 0 Å². The summed E-state index contributed by atoms with van der Waals surface area (Å²) in [6.45, 7) is 3.67. The van der Waals surface area contributed by atoms with Gasteiger partial charge in [-0.25, -0.2) is 4.99 Å². The van der Waals surface area contributed by atoms with Crippen molar-refractivity contribution >= 4 is 11.6 Å². The predicted octanol–water partition coefficient (Wildman–Crippen LogP) is 2.59. The number of carbonyl (C=O) groups excluding carboxylic acids is 1. The highest BCUT2D eigenvalue weighted by molar-refractivity contribution is 6.14. The Morgan fingerprint density at radius 3 is 2.60 bits per heavy atom. The molecule has 3 rings (SSSR count). The van der Waals surface area contributed by atoms with Crippen LogP contribution in [0.5, 0.6) is 5.75 Å². The molecule has 20 heavy (non-hydrogen) atoms. The van der Waals surface area contributed by atoms with Gasteiger partial charge < -0.3 is 5.11 Å². The molecule has 100 valence electrons. The zero-order valence-corrected chi connectivity index (χ0v) is 11.3. The largest absolute Gasteiger partial charge is 0.507 e. The van der Waals surface area contributed by atoms with E-state index in [9.17, 15) is 9.90 Å². The van der Waals surface area contributed by atoms with E-state index in [1.807, 2.05) is 26.0 Å². The number of carbonyl (C=O) groups is 1. The Hall–Kier alpha value is -2.49. The summed E-state index contributed by atoms with van der Waals surface area (Å²) in [6.07, 6.45) is 2.22. The van der Waals surface area contributed by atoms with Gasteiger partial charge in [0.15, 0.2) is 0 Å². The minimum absolute atomic E-state index is 0.252. The lowest BCUT2D eigenvalue weighted by atomic mass is 9.96. The summed E-state index contributed by atoms with van der Waals surface area (Å²) in [4.78, 5) is 20.4. The normalized spacial score (nSPS) is 13.9. The lowest BCUT2D eigenvalue weighted by Gasteiger charge is -2.15. The molecule has 4 nitrogen and oxygen atoms in total. The first-order chi connectivity index (χ1) is 9.56. The summed E-state index contributed by atoms with van der Waals surface area (Å²) >= 11 is 0. The fraction of sp³-hybridized carbons (Fsp3) is 0.188. The van der Waals surface area contributed by atoms with Gasteiger partial charge in [0.2, 0.25) is 0 Å². The van der Waals surface area contributed by atoms with Gasteiger partial charge in [0.25, 0.3) is 5.91 Å². The fourth-order valence-electron chi connectivity index (χ4n) is 2.44. The van der Waals surface area contributed by atoms with Gasteiger partial charge in [0, 0.05) is 12.6 Å². The number of hydrogen-bond donors (Lipinski definition) is 1. The van der Waals surface area contributed by atoms with E-state index in [-0.39, 0.29) is 11.7 Å². The summed E-state index contributed by atoms with van der Waals surface area (Å²) in [7, 11) is 0. The second kappa shape index (κ2) is 4.56. The number of aromatic hydroxyl groups is 1. The number of aliphatic imine (C=N–C) groups is 1. The number of phenols is 1. The Bertz CT molecular complexity index is 725. The predicted molar refractivity (Wildman–Crippen MR) is 76.4 cm³/mol. The van der Waals surface area contributed by atoms with Gasteiger partial charge >= 0.3 is 0 Å².